The molecule has 2 aliphatic rings. The van der Waals surface area contributed by atoms with Gasteiger partial charge in [-0.15, -0.1) is 0 Å². The zero-order valence-electron chi connectivity index (χ0n) is 15.4. The van der Waals surface area contributed by atoms with Crippen molar-refractivity contribution < 1.29 is 9.18 Å². The summed E-state index contributed by atoms with van der Waals surface area (Å²) in [5.41, 5.74) is 1.07. The predicted molar refractivity (Wildman–Crippen MR) is 98.9 cm³/mol. The van der Waals surface area contributed by atoms with Gasteiger partial charge < -0.3 is 9.80 Å². The van der Waals surface area contributed by atoms with Crippen LogP contribution in [0.25, 0.3) is 0 Å². The average molecular weight is 346 g/mol. The number of nitrogens with zero attached hydrogens (tertiary/aromatic N) is 2. The van der Waals surface area contributed by atoms with Crippen LogP contribution in [0.3, 0.4) is 0 Å². The minimum atomic E-state index is -0.147. The number of benzene rings is 1. The molecule has 1 saturated carbocycles. The van der Waals surface area contributed by atoms with Gasteiger partial charge in [0, 0.05) is 26.1 Å². The summed E-state index contributed by atoms with van der Waals surface area (Å²) in [5.74, 6) is 1.13. The second-order valence-corrected chi connectivity index (χ2v) is 7.87. The van der Waals surface area contributed by atoms with Gasteiger partial charge in [-0.25, -0.2) is 4.39 Å². The van der Waals surface area contributed by atoms with Crippen LogP contribution in [0.2, 0.25) is 0 Å². The van der Waals surface area contributed by atoms with Crippen molar-refractivity contribution >= 4 is 5.91 Å². The van der Waals surface area contributed by atoms with Crippen LogP contribution in [-0.4, -0.2) is 48.9 Å². The lowest BCUT2D eigenvalue weighted by molar-refractivity contribution is -0.134. The van der Waals surface area contributed by atoms with E-state index in [4.69, 9.17) is 0 Å². The first-order chi connectivity index (χ1) is 12.1. The van der Waals surface area contributed by atoms with Crippen molar-refractivity contribution in [1.82, 2.24) is 9.80 Å². The highest BCUT2D eigenvalue weighted by Gasteiger charge is 2.27. The summed E-state index contributed by atoms with van der Waals surface area (Å²) in [6, 6.07) is 6.92. The number of amides is 1. The fraction of sp³-hybridized carbons (Fsp3) is 0.667. The number of hydrogen-bond donors (Lipinski definition) is 0. The Balaban J connectivity index is 1.37. The lowest BCUT2D eigenvalue weighted by Gasteiger charge is -2.34. The van der Waals surface area contributed by atoms with Crippen LogP contribution in [0.15, 0.2) is 24.3 Å². The highest BCUT2D eigenvalue weighted by molar-refractivity contribution is 5.78. The minimum absolute atomic E-state index is 0.147. The summed E-state index contributed by atoms with van der Waals surface area (Å²) in [6.07, 6.45) is 7.82. The van der Waals surface area contributed by atoms with Gasteiger partial charge in [0.05, 0.1) is 0 Å². The number of hydrogen-bond acceptors (Lipinski definition) is 2. The Hall–Kier alpha value is -1.42. The van der Waals surface area contributed by atoms with Gasteiger partial charge in [-0.2, -0.15) is 0 Å². The molecule has 1 aliphatic carbocycles. The monoisotopic (exact) mass is 346 g/mol. The SMILES string of the molecule is CN(CC1CCN(CCc2cccc(F)c2)CC1)C(=O)C1CCCC1. The van der Waals surface area contributed by atoms with Crippen LogP contribution in [0.4, 0.5) is 4.39 Å². The van der Waals surface area contributed by atoms with Gasteiger partial charge in [-0.1, -0.05) is 25.0 Å². The Bertz CT molecular complexity index is 563. The smallest absolute Gasteiger partial charge is 0.225 e. The largest absolute Gasteiger partial charge is 0.345 e. The van der Waals surface area contributed by atoms with E-state index in [1.54, 1.807) is 12.1 Å². The summed E-state index contributed by atoms with van der Waals surface area (Å²) in [6.45, 7) is 4.08. The average Bonchev–Trinajstić information content (AvgIpc) is 3.15. The Morgan fingerprint density at radius 3 is 2.60 bits per heavy atom. The lowest BCUT2D eigenvalue weighted by Crippen LogP contribution is -2.41. The first kappa shape index (κ1) is 18.4. The Morgan fingerprint density at radius 2 is 1.92 bits per heavy atom. The molecule has 0 radical (unpaired) electrons. The Labute approximate surface area is 151 Å². The third kappa shape index (κ3) is 5.27. The van der Waals surface area contributed by atoms with Crippen molar-refractivity contribution in [1.29, 1.82) is 0 Å². The number of rotatable bonds is 6. The maximum absolute atomic E-state index is 13.2. The molecule has 3 rings (SSSR count). The van der Waals surface area contributed by atoms with Crippen LogP contribution in [-0.2, 0) is 11.2 Å². The Kier molecular flexibility index (Phi) is 6.46. The molecule has 25 heavy (non-hydrogen) atoms. The van der Waals surface area contributed by atoms with Crippen LogP contribution < -0.4 is 0 Å². The lowest BCUT2D eigenvalue weighted by atomic mass is 9.95. The van der Waals surface area contributed by atoms with E-state index in [0.29, 0.717) is 11.8 Å². The summed E-state index contributed by atoms with van der Waals surface area (Å²) in [5, 5.41) is 0. The summed E-state index contributed by atoms with van der Waals surface area (Å²) in [7, 11) is 1.98. The van der Waals surface area contributed by atoms with Crippen LogP contribution >= 0.6 is 0 Å². The van der Waals surface area contributed by atoms with Gasteiger partial charge in [0.25, 0.3) is 0 Å². The number of piperidine rings is 1. The second-order valence-electron chi connectivity index (χ2n) is 7.87. The molecule has 0 aromatic heterocycles. The van der Waals surface area contributed by atoms with Crippen molar-refractivity contribution in [3.8, 4) is 0 Å². The normalized spacial score (nSPS) is 20.1. The molecule has 0 bridgehead atoms. The van der Waals surface area contributed by atoms with Gasteiger partial charge >= 0.3 is 0 Å². The molecular weight excluding hydrogens is 315 g/mol. The number of halogens is 1. The molecule has 0 spiro atoms. The van der Waals surface area contributed by atoms with E-state index in [9.17, 15) is 9.18 Å². The van der Waals surface area contributed by atoms with Crippen molar-refractivity contribution in [2.45, 2.75) is 44.9 Å². The van der Waals surface area contributed by atoms with Gasteiger partial charge in [0.15, 0.2) is 0 Å². The predicted octanol–water partition coefficient (Wildman–Crippen LogP) is 3.73. The summed E-state index contributed by atoms with van der Waals surface area (Å²) >= 11 is 0. The summed E-state index contributed by atoms with van der Waals surface area (Å²) in [4.78, 5) is 16.9. The fourth-order valence-corrected chi connectivity index (χ4v) is 4.33. The molecule has 1 aliphatic heterocycles. The third-order valence-electron chi connectivity index (χ3n) is 5.93. The molecule has 1 heterocycles. The number of carbonyl (C=O) groups excluding carboxylic acids is 1. The van der Waals surface area contributed by atoms with E-state index in [0.717, 1.165) is 63.8 Å². The second kappa shape index (κ2) is 8.79. The fourth-order valence-electron chi connectivity index (χ4n) is 4.33. The molecule has 2 fully saturated rings. The minimum Gasteiger partial charge on any atom is -0.345 e. The van der Waals surface area contributed by atoms with E-state index in [1.807, 2.05) is 18.0 Å². The van der Waals surface area contributed by atoms with Crippen molar-refractivity contribution in [3.05, 3.63) is 35.6 Å². The highest BCUT2D eigenvalue weighted by Crippen LogP contribution is 2.27. The van der Waals surface area contributed by atoms with E-state index in [-0.39, 0.29) is 11.7 Å². The first-order valence-corrected chi connectivity index (χ1v) is 9.83. The zero-order valence-corrected chi connectivity index (χ0v) is 15.4. The number of carbonyl (C=O) groups is 1. The van der Waals surface area contributed by atoms with Crippen LogP contribution in [0.1, 0.15) is 44.1 Å². The van der Waals surface area contributed by atoms with Crippen LogP contribution in [0, 0.1) is 17.7 Å². The molecule has 138 valence electrons. The molecule has 1 aromatic carbocycles. The topological polar surface area (TPSA) is 23.6 Å². The first-order valence-electron chi connectivity index (χ1n) is 9.83. The van der Waals surface area contributed by atoms with Gasteiger partial charge in [-0.05, 0) is 68.8 Å². The van der Waals surface area contributed by atoms with Crippen molar-refractivity contribution in [2.24, 2.45) is 11.8 Å². The van der Waals surface area contributed by atoms with Gasteiger partial charge in [0.1, 0.15) is 5.82 Å². The summed E-state index contributed by atoms with van der Waals surface area (Å²) < 4.78 is 13.2. The van der Waals surface area contributed by atoms with E-state index in [1.165, 1.54) is 18.9 Å². The molecule has 1 saturated heterocycles. The van der Waals surface area contributed by atoms with Gasteiger partial charge in [0.2, 0.25) is 5.91 Å². The van der Waals surface area contributed by atoms with Crippen molar-refractivity contribution in [2.75, 3.05) is 33.2 Å². The molecule has 1 amide bonds. The molecule has 0 atom stereocenters. The maximum atomic E-state index is 13.2. The van der Waals surface area contributed by atoms with E-state index in [2.05, 4.69) is 4.90 Å². The standard InChI is InChI=1S/C21H31FN2O/c1-23(21(25)19-6-2-3-7-19)16-18-10-13-24(14-11-18)12-9-17-5-4-8-20(22)15-17/h4-5,8,15,18-19H,2-3,6-7,9-14,16H2,1H3. The molecular formula is C21H31FN2O. The van der Waals surface area contributed by atoms with E-state index < -0.39 is 0 Å². The Morgan fingerprint density at radius 1 is 1.20 bits per heavy atom. The highest BCUT2D eigenvalue weighted by atomic mass is 19.1. The van der Waals surface area contributed by atoms with Crippen molar-refractivity contribution in [3.63, 3.8) is 0 Å². The maximum Gasteiger partial charge on any atom is 0.225 e. The quantitative estimate of drug-likeness (QED) is 0.784. The molecule has 1 aromatic rings. The molecule has 0 N–H and O–H groups in total. The number of likely N-dealkylation sites (tertiary alicyclic amines) is 1. The third-order valence-corrected chi connectivity index (χ3v) is 5.93. The molecule has 4 heteroatoms. The molecule has 0 unspecified atom stereocenters. The molecule has 3 nitrogen and oxygen atoms in total. The zero-order chi connectivity index (χ0) is 17.6. The van der Waals surface area contributed by atoms with Gasteiger partial charge in [-0.3, -0.25) is 4.79 Å². The van der Waals surface area contributed by atoms with E-state index >= 15 is 0 Å². The van der Waals surface area contributed by atoms with Crippen LogP contribution in [0.5, 0.6) is 0 Å².